The highest BCUT2D eigenvalue weighted by Gasteiger charge is 2.43. The highest BCUT2D eigenvalue weighted by molar-refractivity contribution is 7.65. The van der Waals surface area contributed by atoms with Gasteiger partial charge in [-0.15, -0.1) is 66.5 Å². The van der Waals surface area contributed by atoms with E-state index in [1.807, 2.05) is 0 Å². The van der Waals surface area contributed by atoms with Crippen molar-refractivity contribution >= 4 is 78.5 Å². The quantitative estimate of drug-likeness (QED) is 0.0365. The van der Waals surface area contributed by atoms with Gasteiger partial charge in [0, 0.05) is 29.8 Å². The van der Waals surface area contributed by atoms with Crippen molar-refractivity contribution in [3.63, 3.8) is 0 Å². The minimum Gasteiger partial charge on any atom is -0.377 e. The largest absolute Gasteiger partial charge is 0.377 e. The molecule has 0 saturated carbocycles. The van der Waals surface area contributed by atoms with Crippen molar-refractivity contribution in [1.29, 1.82) is 0 Å². The third kappa shape index (κ3) is 22.5. The van der Waals surface area contributed by atoms with Crippen LogP contribution in [0.4, 0.5) is 0 Å². The van der Waals surface area contributed by atoms with E-state index in [0.717, 1.165) is 87.8 Å². The molecule has 1 fully saturated rings. The average molecular weight is 1050 g/mol. The highest BCUT2D eigenvalue weighted by Crippen LogP contribution is 2.41. The van der Waals surface area contributed by atoms with E-state index in [2.05, 4.69) is 165 Å². The van der Waals surface area contributed by atoms with Crippen molar-refractivity contribution in [3.8, 4) is 0 Å². The molecule has 65 heavy (non-hydrogen) atoms. The summed E-state index contributed by atoms with van der Waals surface area (Å²) < 4.78 is 11.6. The van der Waals surface area contributed by atoms with Gasteiger partial charge in [0.25, 0.3) is 0 Å². The van der Waals surface area contributed by atoms with Crippen LogP contribution in [-0.2, 0) is 32.4 Å². The van der Waals surface area contributed by atoms with Gasteiger partial charge in [0.2, 0.25) is 0 Å². The minimum atomic E-state index is -2.48. The van der Waals surface area contributed by atoms with Gasteiger partial charge < -0.3 is 9.47 Å². The molecule has 3 aromatic carbocycles. The summed E-state index contributed by atoms with van der Waals surface area (Å²) in [6, 6.07) is 24.4. The summed E-state index contributed by atoms with van der Waals surface area (Å²) in [5.41, 5.74) is 5.88. The van der Waals surface area contributed by atoms with Gasteiger partial charge in [-0.2, -0.15) is 10.1 Å². The second kappa shape index (κ2) is 27.8. The highest BCUT2D eigenvalue weighted by atomic mass is 35.8. The normalized spacial score (nSPS) is 17.2. The van der Waals surface area contributed by atoms with Gasteiger partial charge in [0.1, 0.15) is 12.2 Å². The summed E-state index contributed by atoms with van der Waals surface area (Å²) in [4.78, 5) is 13.1. The molecule has 14 heteroatoms. The predicted octanol–water partition coefficient (Wildman–Crippen LogP) is 17.6. The number of hydrogen-bond donors (Lipinski definition) is 0. The maximum Gasteiger partial charge on any atom is 0.341 e. The summed E-state index contributed by atoms with van der Waals surface area (Å²) in [6.45, 7) is 27.2. The Morgan fingerprint density at radius 3 is 1.42 bits per heavy atom. The molecule has 6 nitrogen and oxygen atoms in total. The van der Waals surface area contributed by atoms with E-state index < -0.39 is 12.0 Å². The minimum absolute atomic E-state index is 0.0121. The fourth-order valence-electron chi connectivity index (χ4n) is 8.36. The average Bonchev–Trinajstić information content (AvgIpc) is 3.21. The Balaban J connectivity index is 0.000000349. The van der Waals surface area contributed by atoms with Crippen LogP contribution in [0.15, 0.2) is 78.9 Å². The molecule has 3 atom stereocenters. The van der Waals surface area contributed by atoms with Gasteiger partial charge in [0.15, 0.2) is 0 Å². The molecule has 0 spiro atoms. The Morgan fingerprint density at radius 1 is 0.585 bits per heavy atom. The molecule has 0 aliphatic carbocycles. The van der Waals surface area contributed by atoms with E-state index in [1.165, 1.54) is 23.1 Å². The molecule has 4 rings (SSSR count). The first-order valence-corrected chi connectivity index (χ1v) is 34.2. The monoisotopic (exact) mass is 1050 g/mol. The van der Waals surface area contributed by atoms with E-state index in [-0.39, 0.29) is 34.9 Å². The summed E-state index contributed by atoms with van der Waals surface area (Å²) in [5, 5.41) is 4.41. The van der Waals surface area contributed by atoms with Crippen LogP contribution >= 0.6 is 66.5 Å². The zero-order chi connectivity index (χ0) is 48.5. The number of rotatable bonds is 25. The van der Waals surface area contributed by atoms with Gasteiger partial charge in [-0.05, 0) is 140 Å². The number of hydrogen-bond acceptors (Lipinski definition) is 6. The van der Waals surface area contributed by atoms with Crippen molar-refractivity contribution in [2.24, 2.45) is 5.92 Å². The van der Waals surface area contributed by atoms with Crippen molar-refractivity contribution in [1.82, 2.24) is 10.1 Å². The Kier molecular flexibility index (Phi) is 25.2. The van der Waals surface area contributed by atoms with Crippen LogP contribution in [0.25, 0.3) is 0 Å². The standard InChI is InChI=1S/C28H42Cl3NO2Si.C23H38Cl3NO2Si/c1-22(2)27(26-13-9-7-10-14-26)32(28(4,5)6)34-23(3)25-17-15-24(16-18-25)21-33-19-11-8-12-20-35(29,30)31;1-19(29-27-22(2,3)14-9-15-23(27,4)5)21-12-10-20(11-13-21)18-28-16-7-6-8-17-30(24,25)26/h7,9-10,13-18,22-23,27H,8,11-12,19-21H2,1-6H3;10-13,19H,6-9,14-18H2,1-5H3. The van der Waals surface area contributed by atoms with Crippen LogP contribution in [0.5, 0.6) is 0 Å². The lowest BCUT2D eigenvalue weighted by Crippen LogP contribution is -2.58. The van der Waals surface area contributed by atoms with Gasteiger partial charge in [0.05, 0.1) is 19.3 Å². The first-order chi connectivity index (χ1) is 30.3. The SMILES string of the molecule is CC(ON(C(c1ccccc1)C(C)C)C(C)(C)C)c1ccc(COCCCCC[Si](Cl)(Cl)Cl)cc1.CC(ON1C(C)(C)CCCC1(C)C)c1ccc(COCCCCC[Si](Cl)(Cl)Cl)cc1. The third-order valence-corrected chi connectivity index (χ3v) is 17.1. The van der Waals surface area contributed by atoms with E-state index >= 15 is 0 Å². The number of piperidine rings is 1. The molecular weight excluding hydrogens is 973 g/mol. The zero-order valence-corrected chi connectivity index (χ0v) is 47.8. The lowest BCUT2D eigenvalue weighted by molar-refractivity contribution is -0.304. The maximum atomic E-state index is 6.66. The Hall–Kier alpha value is -0.406. The fraction of sp³-hybridized carbons (Fsp3) is 0.647. The topological polar surface area (TPSA) is 43.4 Å². The molecule has 3 unspecified atom stereocenters. The summed E-state index contributed by atoms with van der Waals surface area (Å²) in [6.07, 6.45) is 9.47. The molecule has 0 N–H and O–H groups in total. The predicted molar refractivity (Wildman–Crippen MR) is 285 cm³/mol. The molecule has 1 heterocycles. The number of nitrogens with zero attached hydrogens (tertiary/aromatic N) is 2. The summed E-state index contributed by atoms with van der Waals surface area (Å²) in [5.74, 6) is 0.396. The van der Waals surface area contributed by atoms with E-state index in [0.29, 0.717) is 19.1 Å². The van der Waals surface area contributed by atoms with Gasteiger partial charge >= 0.3 is 12.0 Å². The first kappa shape index (κ1) is 58.9. The van der Waals surface area contributed by atoms with Crippen LogP contribution < -0.4 is 0 Å². The van der Waals surface area contributed by atoms with Crippen molar-refractivity contribution in [2.75, 3.05) is 13.2 Å². The zero-order valence-electron chi connectivity index (χ0n) is 41.2. The Labute approximate surface area is 424 Å². The van der Waals surface area contributed by atoms with Crippen LogP contribution in [-0.4, -0.2) is 52.0 Å². The lowest BCUT2D eigenvalue weighted by atomic mass is 9.82. The molecule has 0 bridgehead atoms. The van der Waals surface area contributed by atoms with E-state index in [9.17, 15) is 0 Å². The summed E-state index contributed by atoms with van der Waals surface area (Å²) in [7, 11) is 0. The molecule has 3 aromatic rings. The number of benzene rings is 3. The first-order valence-electron chi connectivity index (χ1n) is 23.7. The van der Waals surface area contributed by atoms with Crippen molar-refractivity contribution < 1.29 is 19.1 Å². The molecule has 368 valence electrons. The maximum absolute atomic E-state index is 6.66. The van der Waals surface area contributed by atoms with Crippen LogP contribution in [0.3, 0.4) is 0 Å². The number of hydroxylamine groups is 4. The van der Waals surface area contributed by atoms with Gasteiger partial charge in [-0.3, -0.25) is 9.68 Å². The lowest BCUT2D eigenvalue weighted by Gasteiger charge is -2.52. The second-order valence-corrected chi connectivity index (χ2v) is 38.9. The molecular formula is C51H80Cl6N2O4Si2. The van der Waals surface area contributed by atoms with E-state index in [4.69, 9.17) is 85.6 Å². The molecule has 1 aliphatic heterocycles. The third-order valence-electron chi connectivity index (χ3n) is 11.8. The second-order valence-electron chi connectivity index (χ2n) is 20.3. The Morgan fingerprint density at radius 2 is 1.02 bits per heavy atom. The molecule has 0 aromatic heterocycles. The van der Waals surface area contributed by atoms with Crippen LogP contribution in [0.1, 0.15) is 180 Å². The number of ether oxygens (including phenoxy) is 2. The molecule has 0 radical (unpaired) electrons. The van der Waals surface area contributed by atoms with Crippen molar-refractivity contribution in [3.05, 3.63) is 107 Å². The van der Waals surface area contributed by atoms with Gasteiger partial charge in [-0.25, -0.2) is 0 Å². The van der Waals surface area contributed by atoms with Gasteiger partial charge in [-0.1, -0.05) is 118 Å². The number of unbranched alkanes of at least 4 members (excludes halogenated alkanes) is 4. The smallest absolute Gasteiger partial charge is 0.341 e. The number of halogens is 6. The fourth-order valence-corrected chi connectivity index (χ4v) is 12.1. The Bertz CT molecular complexity index is 1740. The van der Waals surface area contributed by atoms with Crippen molar-refractivity contribution in [2.45, 2.75) is 194 Å². The molecule has 0 amide bonds. The molecule has 1 aliphatic rings. The van der Waals surface area contributed by atoms with Crippen LogP contribution in [0.2, 0.25) is 12.1 Å². The summed E-state index contributed by atoms with van der Waals surface area (Å²) >= 11 is 35.5. The molecule has 1 saturated heterocycles. The van der Waals surface area contributed by atoms with E-state index in [1.54, 1.807) is 0 Å². The van der Waals surface area contributed by atoms with Crippen LogP contribution in [0, 0.1) is 5.92 Å².